The van der Waals surface area contributed by atoms with Crippen molar-refractivity contribution in [2.24, 2.45) is 5.92 Å². The van der Waals surface area contributed by atoms with Gasteiger partial charge in [0.25, 0.3) is 5.91 Å². The average molecular weight is 248 g/mol. The zero-order valence-corrected chi connectivity index (χ0v) is 10.9. The monoisotopic (exact) mass is 248 g/mol. The Bertz CT molecular complexity index is 420. The van der Waals surface area contributed by atoms with Crippen LogP contribution in [0.25, 0.3) is 0 Å². The molecule has 2 atom stereocenters. The van der Waals surface area contributed by atoms with Crippen LogP contribution >= 0.6 is 0 Å². The van der Waals surface area contributed by atoms with Crippen molar-refractivity contribution >= 4 is 5.91 Å². The highest BCUT2D eigenvalue weighted by molar-refractivity contribution is 5.97. The van der Waals surface area contributed by atoms with Gasteiger partial charge in [-0.2, -0.15) is 0 Å². The summed E-state index contributed by atoms with van der Waals surface area (Å²) < 4.78 is 5.21. The number of amides is 1. The molecule has 0 saturated carbocycles. The van der Waals surface area contributed by atoms with Crippen molar-refractivity contribution < 1.29 is 9.53 Å². The Labute approximate surface area is 108 Å². The van der Waals surface area contributed by atoms with Gasteiger partial charge in [0.05, 0.1) is 12.7 Å². The van der Waals surface area contributed by atoms with Gasteiger partial charge in [-0.3, -0.25) is 4.79 Å². The van der Waals surface area contributed by atoms with Gasteiger partial charge in [0, 0.05) is 6.04 Å². The van der Waals surface area contributed by atoms with Crippen LogP contribution in [0.4, 0.5) is 0 Å². The summed E-state index contributed by atoms with van der Waals surface area (Å²) in [4.78, 5) is 12.2. The smallest absolute Gasteiger partial charge is 0.255 e. The maximum atomic E-state index is 12.2. The summed E-state index contributed by atoms with van der Waals surface area (Å²) in [6.07, 6.45) is 0.974. The van der Waals surface area contributed by atoms with Gasteiger partial charge in [-0.1, -0.05) is 19.1 Å². The first-order chi connectivity index (χ1) is 8.72. The van der Waals surface area contributed by atoms with E-state index < -0.39 is 0 Å². The average Bonchev–Trinajstić information content (AvgIpc) is 2.41. The van der Waals surface area contributed by atoms with E-state index in [0.717, 1.165) is 19.5 Å². The molecule has 2 rings (SSSR count). The molecule has 18 heavy (non-hydrogen) atoms. The van der Waals surface area contributed by atoms with Crippen molar-refractivity contribution in [3.8, 4) is 5.75 Å². The molecule has 1 aliphatic rings. The topological polar surface area (TPSA) is 50.4 Å². The summed E-state index contributed by atoms with van der Waals surface area (Å²) in [7, 11) is 1.58. The number of para-hydroxylation sites is 1. The lowest BCUT2D eigenvalue weighted by Gasteiger charge is -2.30. The third-order valence-electron chi connectivity index (χ3n) is 3.45. The number of piperidine rings is 1. The lowest BCUT2D eigenvalue weighted by Crippen LogP contribution is -2.48. The Morgan fingerprint density at radius 2 is 2.22 bits per heavy atom. The van der Waals surface area contributed by atoms with E-state index in [-0.39, 0.29) is 11.9 Å². The Kier molecular flexibility index (Phi) is 4.20. The number of nitrogens with one attached hydrogen (secondary N) is 2. The van der Waals surface area contributed by atoms with Gasteiger partial charge in [0.15, 0.2) is 0 Å². The summed E-state index contributed by atoms with van der Waals surface area (Å²) in [6, 6.07) is 7.55. The molecule has 1 fully saturated rings. The predicted molar refractivity (Wildman–Crippen MR) is 70.9 cm³/mol. The van der Waals surface area contributed by atoms with Crippen LogP contribution in [0.2, 0.25) is 0 Å². The summed E-state index contributed by atoms with van der Waals surface area (Å²) in [6.45, 7) is 4.07. The molecule has 1 heterocycles. The molecule has 0 aromatic heterocycles. The summed E-state index contributed by atoms with van der Waals surface area (Å²) >= 11 is 0. The van der Waals surface area contributed by atoms with E-state index >= 15 is 0 Å². The second-order valence-corrected chi connectivity index (χ2v) is 4.75. The Balaban J connectivity index is 2.07. The Hall–Kier alpha value is -1.55. The molecule has 1 aliphatic heterocycles. The minimum absolute atomic E-state index is 0.0498. The molecule has 0 spiro atoms. The van der Waals surface area contributed by atoms with Gasteiger partial charge in [0.1, 0.15) is 5.75 Å². The van der Waals surface area contributed by atoms with Crippen LogP contribution in [0.15, 0.2) is 24.3 Å². The van der Waals surface area contributed by atoms with E-state index in [4.69, 9.17) is 4.74 Å². The highest BCUT2D eigenvalue weighted by Crippen LogP contribution is 2.18. The summed E-state index contributed by atoms with van der Waals surface area (Å²) in [5.74, 6) is 1.03. The van der Waals surface area contributed by atoms with Crippen LogP contribution in [0, 0.1) is 5.92 Å². The molecule has 0 aliphatic carbocycles. The highest BCUT2D eigenvalue weighted by atomic mass is 16.5. The molecule has 1 saturated heterocycles. The predicted octanol–water partition coefficient (Wildman–Crippen LogP) is 1.42. The number of hydrogen-bond donors (Lipinski definition) is 2. The molecule has 98 valence electrons. The molecule has 4 nitrogen and oxygen atoms in total. The molecular formula is C14H20N2O2. The molecule has 1 amide bonds. The van der Waals surface area contributed by atoms with E-state index in [9.17, 15) is 4.79 Å². The number of carbonyl (C=O) groups is 1. The molecule has 2 N–H and O–H groups in total. The number of rotatable bonds is 3. The number of benzene rings is 1. The van der Waals surface area contributed by atoms with Crippen molar-refractivity contribution in [1.82, 2.24) is 10.6 Å². The van der Waals surface area contributed by atoms with E-state index in [2.05, 4.69) is 17.6 Å². The first kappa shape index (κ1) is 12.9. The van der Waals surface area contributed by atoms with E-state index in [1.807, 2.05) is 12.1 Å². The zero-order valence-electron chi connectivity index (χ0n) is 10.9. The largest absolute Gasteiger partial charge is 0.496 e. The molecule has 1 aromatic carbocycles. The van der Waals surface area contributed by atoms with Gasteiger partial charge < -0.3 is 15.4 Å². The van der Waals surface area contributed by atoms with Crippen LogP contribution in [0.5, 0.6) is 5.75 Å². The van der Waals surface area contributed by atoms with Crippen LogP contribution in [-0.4, -0.2) is 32.1 Å². The van der Waals surface area contributed by atoms with Crippen molar-refractivity contribution in [2.45, 2.75) is 19.4 Å². The maximum absolute atomic E-state index is 12.2. The fourth-order valence-electron chi connectivity index (χ4n) is 2.31. The van der Waals surface area contributed by atoms with Crippen LogP contribution in [-0.2, 0) is 0 Å². The second kappa shape index (κ2) is 5.87. The normalized spacial score (nSPS) is 23.4. The molecule has 0 bridgehead atoms. The van der Waals surface area contributed by atoms with Crippen molar-refractivity contribution in [2.75, 3.05) is 20.2 Å². The summed E-state index contributed by atoms with van der Waals surface area (Å²) in [5, 5.41) is 6.42. The number of carbonyl (C=O) groups excluding carboxylic acids is 1. The van der Waals surface area contributed by atoms with Crippen LogP contribution in [0.1, 0.15) is 23.7 Å². The van der Waals surface area contributed by atoms with E-state index in [1.165, 1.54) is 0 Å². The number of methoxy groups -OCH3 is 1. The van der Waals surface area contributed by atoms with Gasteiger partial charge in [-0.05, 0) is 37.6 Å². The highest BCUT2D eigenvalue weighted by Gasteiger charge is 2.23. The SMILES string of the molecule is COc1ccccc1C(=O)NC1CCNCC1C. The Morgan fingerprint density at radius 1 is 1.44 bits per heavy atom. The van der Waals surface area contributed by atoms with Gasteiger partial charge in [0.2, 0.25) is 0 Å². The minimum atomic E-state index is -0.0498. The lowest BCUT2D eigenvalue weighted by molar-refractivity contribution is 0.0911. The second-order valence-electron chi connectivity index (χ2n) is 4.75. The first-order valence-electron chi connectivity index (χ1n) is 6.37. The maximum Gasteiger partial charge on any atom is 0.255 e. The van der Waals surface area contributed by atoms with Gasteiger partial charge in [-0.15, -0.1) is 0 Å². The standard InChI is InChI=1S/C14H20N2O2/c1-10-9-15-8-7-12(10)16-14(17)11-5-3-4-6-13(11)18-2/h3-6,10,12,15H,7-9H2,1-2H3,(H,16,17). The van der Waals surface area contributed by atoms with Gasteiger partial charge >= 0.3 is 0 Å². The first-order valence-corrected chi connectivity index (χ1v) is 6.37. The lowest BCUT2D eigenvalue weighted by atomic mass is 9.95. The fraction of sp³-hybridized carbons (Fsp3) is 0.500. The molecular weight excluding hydrogens is 228 g/mol. The Morgan fingerprint density at radius 3 is 2.94 bits per heavy atom. The molecule has 1 aromatic rings. The zero-order chi connectivity index (χ0) is 13.0. The molecule has 4 heteroatoms. The van der Waals surface area contributed by atoms with Crippen molar-refractivity contribution in [3.63, 3.8) is 0 Å². The third kappa shape index (κ3) is 2.82. The van der Waals surface area contributed by atoms with Gasteiger partial charge in [-0.25, -0.2) is 0 Å². The third-order valence-corrected chi connectivity index (χ3v) is 3.45. The van der Waals surface area contributed by atoms with Crippen LogP contribution in [0.3, 0.4) is 0 Å². The summed E-state index contributed by atoms with van der Waals surface area (Å²) in [5.41, 5.74) is 0.603. The quantitative estimate of drug-likeness (QED) is 0.850. The fourth-order valence-corrected chi connectivity index (χ4v) is 2.31. The van der Waals surface area contributed by atoms with E-state index in [1.54, 1.807) is 19.2 Å². The minimum Gasteiger partial charge on any atom is -0.496 e. The molecule has 0 radical (unpaired) electrons. The van der Waals surface area contributed by atoms with Crippen LogP contribution < -0.4 is 15.4 Å². The molecule has 2 unspecified atom stereocenters. The van der Waals surface area contributed by atoms with Crippen molar-refractivity contribution in [1.29, 1.82) is 0 Å². The number of ether oxygens (including phenoxy) is 1. The van der Waals surface area contributed by atoms with E-state index in [0.29, 0.717) is 17.2 Å². The van der Waals surface area contributed by atoms with Crippen molar-refractivity contribution in [3.05, 3.63) is 29.8 Å². The number of hydrogen-bond acceptors (Lipinski definition) is 3.